The molecule has 6 nitrogen and oxygen atoms in total. The molecule has 0 bridgehead atoms. The van der Waals surface area contributed by atoms with Crippen molar-refractivity contribution in [3.05, 3.63) is 149 Å². The summed E-state index contributed by atoms with van der Waals surface area (Å²) in [5.41, 5.74) is 5.58. The first-order valence-electron chi connectivity index (χ1n) is 13.8. The van der Waals surface area contributed by atoms with E-state index in [1.54, 1.807) is 19.1 Å². The third-order valence-electron chi connectivity index (χ3n) is 7.40. The molecule has 216 valence electrons. The zero-order chi connectivity index (χ0) is 30.2. The maximum Gasteiger partial charge on any atom is 0.338 e. The average molecular weight is 657 g/mol. The molecule has 0 radical (unpaired) electrons. The second kappa shape index (κ2) is 11.7. The summed E-state index contributed by atoms with van der Waals surface area (Å²) in [4.78, 5) is 33.0. The number of thiazole rings is 1. The van der Waals surface area contributed by atoms with Crippen LogP contribution in [0.2, 0.25) is 0 Å². The van der Waals surface area contributed by atoms with E-state index in [4.69, 9.17) is 9.73 Å². The Labute approximate surface area is 259 Å². The molecule has 0 saturated carbocycles. The van der Waals surface area contributed by atoms with Gasteiger partial charge in [-0.3, -0.25) is 9.36 Å². The van der Waals surface area contributed by atoms with Gasteiger partial charge in [0.2, 0.25) is 0 Å². The molecule has 0 unspecified atom stereocenters. The van der Waals surface area contributed by atoms with Crippen molar-refractivity contribution in [1.29, 1.82) is 0 Å². The Kier molecular flexibility index (Phi) is 7.85. The largest absolute Gasteiger partial charge is 0.463 e. The number of esters is 1. The molecule has 3 aromatic carbocycles. The minimum Gasteiger partial charge on any atom is -0.463 e. The lowest BCUT2D eigenvalue weighted by Crippen LogP contribution is -2.40. The van der Waals surface area contributed by atoms with Crippen LogP contribution in [0.1, 0.15) is 41.0 Å². The molecule has 9 heteroatoms. The van der Waals surface area contributed by atoms with E-state index in [2.05, 4.69) is 20.5 Å². The van der Waals surface area contributed by atoms with Gasteiger partial charge in [0, 0.05) is 27.1 Å². The van der Waals surface area contributed by atoms with E-state index in [9.17, 15) is 14.0 Å². The highest BCUT2D eigenvalue weighted by Crippen LogP contribution is 2.35. The molecule has 0 N–H and O–H groups in total. The zero-order valence-corrected chi connectivity index (χ0v) is 26.1. The van der Waals surface area contributed by atoms with Gasteiger partial charge in [-0.1, -0.05) is 69.7 Å². The first-order valence-corrected chi connectivity index (χ1v) is 15.4. The van der Waals surface area contributed by atoms with Crippen molar-refractivity contribution < 1.29 is 13.9 Å². The van der Waals surface area contributed by atoms with E-state index < -0.39 is 17.8 Å². The number of carbonyl (C=O) groups is 1. The molecule has 0 aliphatic carbocycles. The topological polar surface area (TPSA) is 65.6 Å². The van der Waals surface area contributed by atoms with Crippen LogP contribution in [0.4, 0.5) is 4.39 Å². The molecule has 3 heterocycles. The van der Waals surface area contributed by atoms with E-state index in [0.29, 0.717) is 26.2 Å². The van der Waals surface area contributed by atoms with Crippen LogP contribution in [0, 0.1) is 19.7 Å². The highest BCUT2D eigenvalue weighted by Gasteiger charge is 2.35. The number of halogens is 2. The molecule has 0 amide bonds. The minimum absolute atomic E-state index is 0.152. The van der Waals surface area contributed by atoms with Crippen LogP contribution in [0.15, 0.2) is 105 Å². The lowest BCUT2D eigenvalue weighted by molar-refractivity contribution is -0.138. The van der Waals surface area contributed by atoms with Gasteiger partial charge in [-0.2, -0.15) is 0 Å². The smallest absolute Gasteiger partial charge is 0.338 e. The number of nitrogens with zero attached hydrogens (tertiary/aromatic N) is 3. The fourth-order valence-electron chi connectivity index (χ4n) is 5.46. The highest BCUT2D eigenvalue weighted by molar-refractivity contribution is 9.10. The monoisotopic (exact) mass is 655 g/mol. The fourth-order valence-corrected chi connectivity index (χ4v) is 6.72. The molecule has 43 heavy (non-hydrogen) atoms. The molecule has 2 aromatic heterocycles. The summed E-state index contributed by atoms with van der Waals surface area (Å²) < 4.78 is 24.6. The van der Waals surface area contributed by atoms with E-state index in [-0.39, 0.29) is 17.7 Å². The van der Waals surface area contributed by atoms with Crippen LogP contribution >= 0.6 is 27.3 Å². The third kappa shape index (κ3) is 5.34. The van der Waals surface area contributed by atoms with Crippen LogP contribution in [0.25, 0.3) is 17.5 Å². The van der Waals surface area contributed by atoms with Gasteiger partial charge in [-0.05, 0) is 80.4 Å². The van der Waals surface area contributed by atoms with Crippen LogP contribution in [-0.4, -0.2) is 21.7 Å². The molecule has 0 fully saturated rings. The van der Waals surface area contributed by atoms with Crippen molar-refractivity contribution in [3.63, 3.8) is 0 Å². The number of rotatable bonds is 6. The molecule has 0 spiro atoms. The van der Waals surface area contributed by atoms with Crippen molar-refractivity contribution in [2.24, 2.45) is 4.99 Å². The SMILES string of the molecule is CCOC(=O)C1=C(c2ccccc2)N=c2s/c(=C\c3cc(C)n(-c4ccc(Br)cc4)c3C)c(=O)n2[C@H]1c1ccc(F)cc1. The zero-order valence-electron chi connectivity index (χ0n) is 23.7. The Morgan fingerprint density at radius 1 is 1.05 bits per heavy atom. The van der Waals surface area contributed by atoms with Crippen LogP contribution < -0.4 is 14.9 Å². The summed E-state index contributed by atoms with van der Waals surface area (Å²) in [5, 5.41) is 0. The Morgan fingerprint density at radius 3 is 2.42 bits per heavy atom. The summed E-state index contributed by atoms with van der Waals surface area (Å²) in [6.07, 6.45) is 1.87. The van der Waals surface area contributed by atoms with Crippen LogP contribution in [0.5, 0.6) is 0 Å². The molecular weight excluding hydrogens is 629 g/mol. The lowest BCUT2D eigenvalue weighted by Gasteiger charge is -2.25. The van der Waals surface area contributed by atoms with E-state index in [0.717, 1.165) is 27.1 Å². The number of benzene rings is 3. The number of ether oxygens (including phenoxy) is 1. The Bertz CT molecular complexity index is 2060. The molecule has 1 aliphatic rings. The minimum atomic E-state index is -0.858. The van der Waals surface area contributed by atoms with Gasteiger partial charge in [0.25, 0.3) is 5.56 Å². The summed E-state index contributed by atoms with van der Waals surface area (Å²) in [5.74, 6) is -0.992. The first kappa shape index (κ1) is 28.8. The Hall–Kier alpha value is -4.34. The summed E-state index contributed by atoms with van der Waals surface area (Å²) in [6.45, 7) is 5.93. The van der Waals surface area contributed by atoms with Crippen LogP contribution in [-0.2, 0) is 9.53 Å². The fraction of sp³-hybridized carbons (Fsp3) is 0.147. The summed E-state index contributed by atoms with van der Waals surface area (Å²) in [6, 6.07) is 24.4. The number of hydrogen-bond acceptors (Lipinski definition) is 5. The predicted molar refractivity (Wildman–Crippen MR) is 170 cm³/mol. The van der Waals surface area contributed by atoms with Gasteiger partial charge in [0.1, 0.15) is 5.82 Å². The van der Waals surface area contributed by atoms with Gasteiger partial charge in [0.05, 0.1) is 28.5 Å². The first-order chi connectivity index (χ1) is 20.8. The second-order valence-electron chi connectivity index (χ2n) is 10.1. The molecular formula is C34H27BrFN3O3S. The lowest BCUT2D eigenvalue weighted by atomic mass is 9.93. The van der Waals surface area contributed by atoms with Crippen LogP contribution in [0.3, 0.4) is 0 Å². The molecule has 5 aromatic rings. The average Bonchev–Trinajstić information content (AvgIpc) is 3.47. The molecule has 1 atom stereocenters. The van der Waals surface area contributed by atoms with Gasteiger partial charge < -0.3 is 9.30 Å². The Morgan fingerprint density at radius 2 is 1.74 bits per heavy atom. The number of aryl methyl sites for hydroxylation is 1. The molecule has 1 aliphatic heterocycles. The maximum atomic E-state index is 14.2. The van der Waals surface area contributed by atoms with Gasteiger partial charge in [0.15, 0.2) is 4.80 Å². The number of fused-ring (bicyclic) bond motifs is 1. The van der Waals surface area contributed by atoms with E-state index in [1.165, 1.54) is 28.0 Å². The second-order valence-corrected chi connectivity index (χ2v) is 12.0. The van der Waals surface area contributed by atoms with Gasteiger partial charge in [-0.25, -0.2) is 14.2 Å². The third-order valence-corrected chi connectivity index (χ3v) is 8.91. The molecule has 6 rings (SSSR count). The number of hydrogen-bond donors (Lipinski definition) is 0. The number of carbonyl (C=O) groups excluding carboxylic acids is 1. The van der Waals surface area contributed by atoms with Crippen molar-refractivity contribution in [2.45, 2.75) is 26.8 Å². The van der Waals surface area contributed by atoms with Crippen molar-refractivity contribution >= 4 is 45.0 Å². The normalized spacial score (nSPS) is 14.9. The predicted octanol–water partition coefficient (Wildman–Crippen LogP) is 6.24. The van der Waals surface area contributed by atoms with Gasteiger partial charge in [-0.15, -0.1) is 0 Å². The number of aromatic nitrogens is 2. The van der Waals surface area contributed by atoms with E-state index in [1.807, 2.05) is 80.6 Å². The maximum absolute atomic E-state index is 14.2. The van der Waals surface area contributed by atoms with Gasteiger partial charge >= 0.3 is 5.97 Å². The Balaban J connectivity index is 1.59. The molecule has 0 saturated heterocycles. The quantitative estimate of drug-likeness (QED) is 0.203. The standard InChI is InChI=1S/C34H27BrFN3O3S/c1-4-42-33(41)29-30(22-8-6-5-7-9-22)37-34-39(31(29)23-10-14-26(36)15-11-23)32(40)28(43-34)19-24-18-20(2)38(21(24)3)27-16-12-25(35)13-17-27/h5-19,31H,4H2,1-3H3/b28-19-/t31-/m0/s1. The van der Waals surface area contributed by atoms with Crippen molar-refractivity contribution in [2.75, 3.05) is 6.61 Å². The summed E-state index contributed by atoms with van der Waals surface area (Å²) >= 11 is 4.75. The van der Waals surface area contributed by atoms with Crippen molar-refractivity contribution in [1.82, 2.24) is 9.13 Å². The van der Waals surface area contributed by atoms with E-state index >= 15 is 0 Å². The van der Waals surface area contributed by atoms with Crippen molar-refractivity contribution in [3.8, 4) is 5.69 Å². The summed E-state index contributed by atoms with van der Waals surface area (Å²) in [7, 11) is 0. The highest BCUT2D eigenvalue weighted by atomic mass is 79.9.